The summed E-state index contributed by atoms with van der Waals surface area (Å²) in [7, 11) is 0. The van der Waals surface area contributed by atoms with E-state index in [1.54, 1.807) is 17.8 Å². The Kier molecular flexibility index (Phi) is 4.58. The van der Waals surface area contributed by atoms with Gasteiger partial charge in [-0.3, -0.25) is 4.79 Å². The van der Waals surface area contributed by atoms with E-state index in [-0.39, 0.29) is 5.91 Å². The molecule has 0 bridgehead atoms. The minimum Gasteiger partial charge on any atom is -0.310 e. The van der Waals surface area contributed by atoms with Crippen molar-refractivity contribution in [2.24, 2.45) is 0 Å². The van der Waals surface area contributed by atoms with Crippen molar-refractivity contribution < 1.29 is 4.79 Å². The Labute approximate surface area is 117 Å². The Morgan fingerprint density at radius 3 is 2.58 bits per heavy atom. The van der Waals surface area contributed by atoms with Gasteiger partial charge in [0.25, 0.3) is 0 Å². The van der Waals surface area contributed by atoms with Gasteiger partial charge in [-0.25, -0.2) is 4.98 Å². The van der Waals surface area contributed by atoms with E-state index in [9.17, 15) is 4.79 Å². The van der Waals surface area contributed by atoms with E-state index in [0.717, 1.165) is 11.3 Å². The number of aryl methyl sites for hydroxylation is 1. The monoisotopic (exact) mass is 272 g/mol. The predicted octanol–water partition coefficient (Wildman–Crippen LogP) is 3.29. The van der Waals surface area contributed by atoms with Gasteiger partial charge in [0.2, 0.25) is 5.91 Å². The molecule has 2 rings (SSSR count). The van der Waals surface area contributed by atoms with Crippen LogP contribution < -0.4 is 5.32 Å². The zero-order valence-electron chi connectivity index (χ0n) is 11.0. The van der Waals surface area contributed by atoms with Crippen LogP contribution in [0.3, 0.4) is 0 Å². The van der Waals surface area contributed by atoms with Gasteiger partial charge in [-0.15, -0.1) is 11.8 Å². The summed E-state index contributed by atoms with van der Waals surface area (Å²) in [6.07, 6.45) is 2.40. The Balaban J connectivity index is 1.97. The molecular weight excluding hydrogens is 256 g/mol. The molecule has 98 valence electrons. The van der Waals surface area contributed by atoms with Gasteiger partial charge in [0, 0.05) is 10.6 Å². The van der Waals surface area contributed by atoms with E-state index in [4.69, 9.17) is 0 Å². The number of carbonyl (C=O) groups excluding carboxylic acids is 1. The fourth-order valence-electron chi connectivity index (χ4n) is 1.73. The van der Waals surface area contributed by atoms with Crippen molar-refractivity contribution in [2.45, 2.75) is 18.2 Å². The Morgan fingerprint density at radius 2 is 1.95 bits per heavy atom. The van der Waals surface area contributed by atoms with Crippen LogP contribution in [0.5, 0.6) is 0 Å². The van der Waals surface area contributed by atoms with Crippen LogP contribution in [0.4, 0.5) is 5.82 Å². The van der Waals surface area contributed by atoms with Gasteiger partial charge < -0.3 is 5.32 Å². The van der Waals surface area contributed by atoms with Crippen LogP contribution in [0.15, 0.2) is 47.4 Å². The fourth-order valence-corrected chi connectivity index (χ4v) is 2.14. The largest absolute Gasteiger partial charge is 0.310 e. The number of nitrogens with one attached hydrogen (secondary N) is 1. The summed E-state index contributed by atoms with van der Waals surface area (Å²) in [5, 5.41) is 2.80. The number of nitrogens with zero attached hydrogens (tertiary/aromatic N) is 1. The molecule has 1 aromatic heterocycles. The summed E-state index contributed by atoms with van der Waals surface area (Å²) in [4.78, 5) is 17.3. The lowest BCUT2D eigenvalue weighted by molar-refractivity contribution is -0.115. The van der Waals surface area contributed by atoms with Crippen LogP contribution >= 0.6 is 11.8 Å². The van der Waals surface area contributed by atoms with E-state index in [2.05, 4.69) is 10.3 Å². The minimum atomic E-state index is -0.0463. The summed E-state index contributed by atoms with van der Waals surface area (Å²) in [6, 6.07) is 13.6. The van der Waals surface area contributed by atoms with E-state index in [1.165, 1.54) is 4.90 Å². The van der Waals surface area contributed by atoms with E-state index in [0.29, 0.717) is 12.2 Å². The zero-order valence-corrected chi connectivity index (χ0v) is 11.8. The molecular formula is C15H16N2OS. The predicted molar refractivity (Wildman–Crippen MR) is 79.5 cm³/mol. The first-order chi connectivity index (χ1) is 9.17. The van der Waals surface area contributed by atoms with Crippen LogP contribution in [0.1, 0.15) is 11.3 Å². The standard InChI is InChI=1S/C15H16N2OS/c1-11-4-3-5-14(16-11)17-15(18)10-12-6-8-13(19-2)9-7-12/h3-9H,10H2,1-2H3,(H,16,17,18). The number of thioether (sulfide) groups is 1. The Hall–Kier alpha value is -1.81. The average Bonchev–Trinajstić information content (AvgIpc) is 2.39. The summed E-state index contributed by atoms with van der Waals surface area (Å²) in [5.41, 5.74) is 1.89. The third kappa shape index (κ3) is 4.10. The SMILES string of the molecule is CSc1ccc(CC(=O)Nc2cccc(C)n2)cc1. The second-order valence-corrected chi connectivity index (χ2v) is 5.12. The maximum atomic E-state index is 11.9. The van der Waals surface area contributed by atoms with Gasteiger partial charge in [0.15, 0.2) is 0 Å². The number of anilines is 1. The molecule has 0 aliphatic carbocycles. The molecule has 0 atom stereocenters. The molecule has 19 heavy (non-hydrogen) atoms. The van der Waals surface area contributed by atoms with E-state index < -0.39 is 0 Å². The molecule has 0 saturated heterocycles. The third-order valence-electron chi connectivity index (χ3n) is 2.68. The molecule has 0 saturated carbocycles. The maximum absolute atomic E-state index is 11.9. The zero-order chi connectivity index (χ0) is 13.7. The maximum Gasteiger partial charge on any atom is 0.229 e. The fraction of sp³-hybridized carbons (Fsp3) is 0.200. The highest BCUT2D eigenvalue weighted by Gasteiger charge is 2.05. The van der Waals surface area contributed by atoms with Gasteiger partial charge >= 0.3 is 0 Å². The number of carbonyl (C=O) groups is 1. The third-order valence-corrected chi connectivity index (χ3v) is 3.42. The molecule has 1 aromatic carbocycles. The second kappa shape index (κ2) is 6.38. The topological polar surface area (TPSA) is 42.0 Å². The van der Waals surface area contributed by atoms with Crippen LogP contribution in [0.25, 0.3) is 0 Å². The molecule has 0 aliphatic heterocycles. The highest BCUT2D eigenvalue weighted by atomic mass is 32.2. The van der Waals surface area contributed by atoms with Gasteiger partial charge in [-0.1, -0.05) is 18.2 Å². The second-order valence-electron chi connectivity index (χ2n) is 4.24. The number of benzene rings is 1. The van der Waals surface area contributed by atoms with Crippen molar-refractivity contribution in [2.75, 3.05) is 11.6 Å². The van der Waals surface area contributed by atoms with Crippen molar-refractivity contribution >= 4 is 23.5 Å². The van der Waals surface area contributed by atoms with Crippen molar-refractivity contribution in [1.82, 2.24) is 4.98 Å². The van der Waals surface area contributed by atoms with Gasteiger partial charge in [0.1, 0.15) is 5.82 Å². The molecule has 0 unspecified atom stereocenters. The summed E-state index contributed by atoms with van der Waals surface area (Å²) < 4.78 is 0. The summed E-state index contributed by atoms with van der Waals surface area (Å²) >= 11 is 1.69. The lowest BCUT2D eigenvalue weighted by Crippen LogP contribution is -2.15. The molecule has 3 nitrogen and oxygen atoms in total. The minimum absolute atomic E-state index is 0.0463. The molecule has 0 spiro atoms. The molecule has 0 radical (unpaired) electrons. The van der Waals surface area contributed by atoms with Crippen molar-refractivity contribution in [3.63, 3.8) is 0 Å². The van der Waals surface area contributed by atoms with Crippen molar-refractivity contribution in [3.05, 3.63) is 53.7 Å². The van der Waals surface area contributed by atoms with E-state index >= 15 is 0 Å². The van der Waals surface area contributed by atoms with Gasteiger partial charge in [0.05, 0.1) is 6.42 Å². The van der Waals surface area contributed by atoms with Crippen LogP contribution in [-0.4, -0.2) is 17.1 Å². The molecule has 1 amide bonds. The van der Waals surface area contributed by atoms with Crippen LogP contribution in [-0.2, 0) is 11.2 Å². The number of hydrogen-bond acceptors (Lipinski definition) is 3. The first-order valence-corrected chi connectivity index (χ1v) is 7.26. The number of hydrogen-bond donors (Lipinski definition) is 1. The number of rotatable bonds is 4. The number of amides is 1. The lowest BCUT2D eigenvalue weighted by atomic mass is 10.1. The van der Waals surface area contributed by atoms with Crippen LogP contribution in [0.2, 0.25) is 0 Å². The van der Waals surface area contributed by atoms with Crippen molar-refractivity contribution in [1.29, 1.82) is 0 Å². The van der Waals surface area contributed by atoms with Crippen LogP contribution in [0, 0.1) is 6.92 Å². The molecule has 0 aliphatic rings. The molecule has 2 aromatic rings. The lowest BCUT2D eigenvalue weighted by Gasteiger charge is -2.05. The summed E-state index contributed by atoms with van der Waals surface area (Å²) in [5.74, 6) is 0.556. The highest BCUT2D eigenvalue weighted by molar-refractivity contribution is 7.98. The first kappa shape index (κ1) is 13.6. The average molecular weight is 272 g/mol. The normalized spacial score (nSPS) is 10.2. The molecule has 4 heteroatoms. The first-order valence-electron chi connectivity index (χ1n) is 6.04. The van der Waals surface area contributed by atoms with Gasteiger partial charge in [-0.05, 0) is 43.0 Å². The molecule has 0 fully saturated rings. The Bertz CT molecular complexity index is 567. The number of pyridine rings is 1. The Morgan fingerprint density at radius 1 is 1.21 bits per heavy atom. The highest BCUT2D eigenvalue weighted by Crippen LogP contribution is 2.15. The number of aromatic nitrogens is 1. The van der Waals surface area contributed by atoms with Crippen molar-refractivity contribution in [3.8, 4) is 0 Å². The quantitative estimate of drug-likeness (QED) is 0.868. The smallest absolute Gasteiger partial charge is 0.229 e. The van der Waals surface area contributed by atoms with Gasteiger partial charge in [-0.2, -0.15) is 0 Å². The summed E-state index contributed by atoms with van der Waals surface area (Å²) in [6.45, 7) is 1.90. The molecule has 1 heterocycles. The molecule has 1 N–H and O–H groups in total. The van der Waals surface area contributed by atoms with E-state index in [1.807, 2.05) is 49.6 Å².